The molecule has 2 aromatic rings. The van der Waals surface area contributed by atoms with Gasteiger partial charge in [0.2, 0.25) is 11.6 Å². The number of rotatable bonds is 18. The molecule has 0 radical (unpaired) electrons. The molecule has 0 unspecified atom stereocenters. The van der Waals surface area contributed by atoms with E-state index in [1.807, 2.05) is 71.9 Å². The lowest BCUT2D eigenvalue weighted by atomic mass is 9.81. The molecule has 15 heteroatoms. The Bertz CT molecular complexity index is 2360. The number of nitrogens with one attached hydrogen (secondary N) is 1. The molecule has 57 heavy (non-hydrogen) atoms. The Morgan fingerprint density at radius 3 is 2.16 bits per heavy atom. The van der Waals surface area contributed by atoms with E-state index in [9.17, 15) is 39.7 Å². The zero-order chi connectivity index (χ0) is 42.6. The van der Waals surface area contributed by atoms with E-state index in [4.69, 9.17) is 0 Å². The Labute approximate surface area is 339 Å². The summed E-state index contributed by atoms with van der Waals surface area (Å²) in [4.78, 5) is 27.2. The van der Waals surface area contributed by atoms with Crippen LogP contribution in [0.15, 0.2) is 82.3 Å². The van der Waals surface area contributed by atoms with Crippen LogP contribution in [-0.2, 0) is 50.2 Å². The minimum Gasteiger partial charge on any atom is -0.744 e. The van der Waals surface area contributed by atoms with Crippen molar-refractivity contribution in [3.63, 3.8) is 0 Å². The number of ketones is 1. The number of carbonyl (C=O) groups is 2. The van der Waals surface area contributed by atoms with Crippen LogP contribution in [0, 0.1) is 0 Å². The lowest BCUT2D eigenvalue weighted by molar-refractivity contribution is -0.438. The van der Waals surface area contributed by atoms with Crippen LogP contribution in [0.3, 0.4) is 0 Å². The van der Waals surface area contributed by atoms with Gasteiger partial charge in [-0.1, -0.05) is 51.8 Å². The summed E-state index contributed by atoms with van der Waals surface area (Å²) < 4.78 is 83.7. The van der Waals surface area contributed by atoms with Crippen molar-refractivity contribution in [3.05, 3.63) is 83.6 Å². The quantitative estimate of drug-likeness (QED) is 0.0579. The van der Waals surface area contributed by atoms with Gasteiger partial charge in [0.15, 0.2) is 11.5 Å². The maximum atomic E-state index is 12.9. The summed E-state index contributed by atoms with van der Waals surface area (Å²) in [5, 5.41) is 4.06. The van der Waals surface area contributed by atoms with Crippen LogP contribution in [-0.4, -0.2) is 89.1 Å². The fraction of sp³-hybridized carbons (Fsp3) is 0.476. The first-order chi connectivity index (χ1) is 26.4. The van der Waals surface area contributed by atoms with Gasteiger partial charge in [0.1, 0.15) is 16.7 Å². The fourth-order valence-corrected chi connectivity index (χ4v) is 9.35. The van der Waals surface area contributed by atoms with E-state index in [0.717, 1.165) is 46.8 Å². The summed E-state index contributed by atoms with van der Waals surface area (Å²) in [7, 11) is -11.5. The molecule has 2 N–H and O–H groups in total. The molecule has 2 aromatic carbocycles. The Balaban J connectivity index is 1.54. The molecule has 0 saturated heterocycles. The van der Waals surface area contributed by atoms with Crippen LogP contribution in [0.25, 0.3) is 0 Å². The lowest BCUT2D eigenvalue weighted by Crippen LogP contribution is -2.42. The number of carbonyl (C=O) groups excluding carboxylic acids is 2. The van der Waals surface area contributed by atoms with Crippen molar-refractivity contribution in [2.24, 2.45) is 0 Å². The second-order valence-corrected chi connectivity index (χ2v) is 21.7. The predicted molar refractivity (Wildman–Crippen MR) is 227 cm³/mol. The first kappa shape index (κ1) is 45.8. The molecular formula is C42H57N3O9S3. The van der Waals surface area contributed by atoms with Crippen molar-refractivity contribution in [1.82, 2.24) is 5.32 Å². The number of Topliss-reactive ketones (excluding diaryl/α,β-unsaturated/α-hetero) is 1. The van der Waals surface area contributed by atoms with Crippen LogP contribution in [0.5, 0.6) is 0 Å². The summed E-state index contributed by atoms with van der Waals surface area (Å²) >= 11 is 0. The topological polar surface area (TPSA) is 181 Å². The molecule has 0 saturated carbocycles. The largest absolute Gasteiger partial charge is 0.744 e. The lowest BCUT2D eigenvalue weighted by Gasteiger charge is -2.25. The normalized spacial score (nSPS) is 17.7. The van der Waals surface area contributed by atoms with Crippen molar-refractivity contribution in [2.75, 3.05) is 30.5 Å². The van der Waals surface area contributed by atoms with E-state index in [0.29, 0.717) is 38.8 Å². The van der Waals surface area contributed by atoms with Gasteiger partial charge in [-0.05, 0) is 91.5 Å². The number of likely N-dealkylation sites (N-methyl/N-ethyl adjacent to an activating group) is 1. The predicted octanol–water partition coefficient (Wildman–Crippen LogP) is 6.18. The SMILES string of the molecule is CCCC[C@H](NC(=O)CCCCC[N+]1=C(/C=C/C=C/C=C2/N(CC)c3ccc(S(=O)(=O)[O-])cc3C2(C)C)C(C)(C)c2cc(S(=O)(=O)O)ccc21)C(=O)C=S(C)(C)=O. The molecule has 2 aliphatic heterocycles. The van der Waals surface area contributed by atoms with Gasteiger partial charge in [0.05, 0.1) is 21.2 Å². The zero-order valence-corrected chi connectivity index (χ0v) is 36.7. The van der Waals surface area contributed by atoms with Gasteiger partial charge in [0, 0.05) is 71.8 Å². The summed E-state index contributed by atoms with van der Waals surface area (Å²) in [5.74, 6) is -0.557. The van der Waals surface area contributed by atoms with Crippen molar-refractivity contribution >= 4 is 63.9 Å². The van der Waals surface area contributed by atoms with Crippen LogP contribution in [0.4, 0.5) is 11.4 Å². The van der Waals surface area contributed by atoms with Gasteiger partial charge < -0.3 is 14.8 Å². The molecule has 312 valence electrons. The summed E-state index contributed by atoms with van der Waals surface area (Å²) in [5.41, 5.74) is 3.80. The Morgan fingerprint density at radius 2 is 1.54 bits per heavy atom. The van der Waals surface area contributed by atoms with Gasteiger partial charge in [-0.25, -0.2) is 8.42 Å². The number of amides is 1. The molecule has 0 bridgehead atoms. The van der Waals surface area contributed by atoms with Crippen LogP contribution in [0.2, 0.25) is 0 Å². The summed E-state index contributed by atoms with van der Waals surface area (Å²) in [6.45, 7) is 13.2. The number of fused-ring (bicyclic) bond motifs is 2. The smallest absolute Gasteiger partial charge is 0.294 e. The molecule has 0 spiro atoms. The van der Waals surface area contributed by atoms with Gasteiger partial charge in [-0.2, -0.15) is 13.0 Å². The third kappa shape index (κ3) is 11.0. The second-order valence-electron chi connectivity index (χ2n) is 16.0. The van der Waals surface area contributed by atoms with E-state index in [1.165, 1.54) is 42.1 Å². The number of unbranched alkanes of at least 4 members (excludes halogenated alkanes) is 3. The van der Waals surface area contributed by atoms with Gasteiger partial charge in [0.25, 0.3) is 10.1 Å². The third-order valence-electron chi connectivity index (χ3n) is 10.6. The van der Waals surface area contributed by atoms with Crippen molar-refractivity contribution in [1.29, 1.82) is 0 Å². The maximum Gasteiger partial charge on any atom is 0.294 e. The highest BCUT2D eigenvalue weighted by Crippen LogP contribution is 2.48. The molecule has 1 atom stereocenters. The van der Waals surface area contributed by atoms with Crippen molar-refractivity contribution in [3.8, 4) is 0 Å². The van der Waals surface area contributed by atoms with E-state index in [-0.39, 0.29) is 27.9 Å². The zero-order valence-electron chi connectivity index (χ0n) is 34.2. The minimum absolute atomic E-state index is 0.189. The number of nitrogens with zero attached hydrogens (tertiary/aromatic N) is 2. The minimum atomic E-state index is -4.61. The molecule has 12 nitrogen and oxygen atoms in total. The van der Waals surface area contributed by atoms with Gasteiger partial charge in [-0.15, -0.1) is 0 Å². The van der Waals surface area contributed by atoms with Crippen LogP contribution in [0.1, 0.15) is 97.6 Å². The van der Waals surface area contributed by atoms with E-state index < -0.39 is 46.6 Å². The standard InChI is InChI=1S/C42H57N3O9S3/c1-9-11-18-34(37(46)29-55(7,8)48)43-40(47)21-16-13-17-26-45-36-25-23-31(57(52,53)54)28-33(36)42(5,6)39(45)20-15-12-14-19-38-41(3,4)32-27-30(56(49,50)51)22-24-35(32)44(38)10-2/h12,14-15,19-20,22-25,27-29,34H,9-11,13,16-18,21,26H2,1-8H3,(H2-,43,47,49,50,51,52,53,54)/t34-/m0/s1. The van der Waals surface area contributed by atoms with Crippen molar-refractivity contribution in [2.45, 2.75) is 113 Å². The fourth-order valence-electron chi connectivity index (χ4n) is 7.62. The second kappa shape index (κ2) is 17.9. The molecule has 0 aliphatic carbocycles. The monoisotopic (exact) mass is 843 g/mol. The first-order valence-electron chi connectivity index (χ1n) is 19.3. The van der Waals surface area contributed by atoms with Crippen molar-refractivity contribution < 1.29 is 44.3 Å². The maximum absolute atomic E-state index is 12.9. The first-order valence-corrected chi connectivity index (χ1v) is 24.5. The van der Waals surface area contributed by atoms with Gasteiger partial charge in [-0.3, -0.25) is 18.4 Å². The van der Waals surface area contributed by atoms with E-state index in [2.05, 4.69) is 14.8 Å². The highest BCUT2D eigenvalue weighted by atomic mass is 32.2. The summed E-state index contributed by atoms with van der Waals surface area (Å²) in [6, 6.07) is 8.38. The Morgan fingerprint density at radius 1 is 0.877 bits per heavy atom. The van der Waals surface area contributed by atoms with Crippen LogP contribution >= 0.6 is 0 Å². The number of hydrogen-bond acceptors (Lipinski definition) is 9. The summed E-state index contributed by atoms with van der Waals surface area (Å²) in [6.07, 6.45) is 16.9. The number of hydrogen-bond donors (Lipinski definition) is 2. The molecule has 0 fully saturated rings. The van der Waals surface area contributed by atoms with E-state index in [1.54, 1.807) is 12.1 Å². The number of benzene rings is 2. The Hall–Kier alpha value is -3.89. The Kier molecular flexibility index (Phi) is 14.4. The molecule has 2 heterocycles. The molecular weight excluding hydrogens is 787 g/mol. The molecule has 1 amide bonds. The molecule has 4 rings (SSSR count). The average molecular weight is 844 g/mol. The van der Waals surface area contributed by atoms with Gasteiger partial charge >= 0.3 is 0 Å². The number of allylic oxidation sites excluding steroid dienone is 6. The average Bonchev–Trinajstić information content (AvgIpc) is 3.45. The molecule has 2 aliphatic rings. The third-order valence-corrected chi connectivity index (χ3v) is 13.1. The molecule has 0 aromatic heterocycles. The highest BCUT2D eigenvalue weighted by molar-refractivity contribution is 8.01. The highest BCUT2D eigenvalue weighted by Gasteiger charge is 2.45. The van der Waals surface area contributed by atoms with Crippen LogP contribution < -0.4 is 10.2 Å². The van der Waals surface area contributed by atoms with E-state index >= 15 is 0 Å². The number of anilines is 1.